The molecule has 0 saturated heterocycles. The van der Waals surface area contributed by atoms with Crippen LogP contribution in [0.15, 0.2) is 12.1 Å². The Morgan fingerprint density at radius 3 is 2.53 bits per heavy atom. The monoisotopic (exact) mass is 230 g/mol. The first kappa shape index (κ1) is 9.91. The minimum absolute atomic E-state index is 0.139. The van der Waals surface area contributed by atoms with Gasteiger partial charge in [-0.05, 0) is 12.1 Å². The second-order valence-corrected chi connectivity index (χ2v) is 4.45. The number of fused-ring (bicyclic) bond motifs is 1. The highest BCUT2D eigenvalue weighted by atomic mass is 32.3. The molecule has 1 aromatic carbocycles. The van der Waals surface area contributed by atoms with Crippen molar-refractivity contribution in [1.82, 2.24) is 0 Å². The lowest BCUT2D eigenvalue weighted by Gasteiger charge is -2.16. The lowest BCUT2D eigenvalue weighted by Crippen LogP contribution is -2.13. The SMILES string of the molecule is CN(C)c1c(N)ccc2c1OS(=O)(=O)O2. The molecule has 0 fully saturated rings. The molecule has 6 nitrogen and oxygen atoms in total. The second-order valence-electron chi connectivity index (χ2n) is 3.30. The van der Waals surface area contributed by atoms with E-state index in [0.717, 1.165) is 0 Å². The molecule has 1 aliphatic rings. The molecule has 82 valence electrons. The number of hydrogen-bond acceptors (Lipinski definition) is 6. The Labute approximate surface area is 87.5 Å². The Balaban J connectivity index is 2.65. The van der Waals surface area contributed by atoms with Gasteiger partial charge in [0.25, 0.3) is 0 Å². The normalized spacial score (nSPS) is 16.4. The van der Waals surface area contributed by atoms with Crippen LogP contribution in [-0.4, -0.2) is 22.5 Å². The molecule has 2 rings (SSSR count). The third-order valence-corrected chi connectivity index (χ3v) is 2.71. The second kappa shape index (κ2) is 2.93. The number of nitrogens with zero attached hydrogens (tertiary/aromatic N) is 1. The van der Waals surface area contributed by atoms with Gasteiger partial charge in [-0.1, -0.05) is 0 Å². The smallest absolute Gasteiger partial charge is 0.397 e. The van der Waals surface area contributed by atoms with Gasteiger partial charge in [-0.15, -0.1) is 8.42 Å². The van der Waals surface area contributed by atoms with Crippen molar-refractivity contribution in [2.24, 2.45) is 0 Å². The first-order valence-electron chi connectivity index (χ1n) is 4.14. The van der Waals surface area contributed by atoms with Crippen LogP contribution in [0.4, 0.5) is 11.4 Å². The number of nitrogen functional groups attached to an aromatic ring is 1. The van der Waals surface area contributed by atoms with Crippen molar-refractivity contribution in [3.05, 3.63) is 12.1 Å². The van der Waals surface area contributed by atoms with Crippen LogP contribution < -0.4 is 19.0 Å². The van der Waals surface area contributed by atoms with Gasteiger partial charge in [0, 0.05) is 14.1 Å². The number of anilines is 2. The minimum atomic E-state index is -3.96. The fourth-order valence-electron chi connectivity index (χ4n) is 1.40. The van der Waals surface area contributed by atoms with Crippen molar-refractivity contribution < 1.29 is 16.8 Å². The topological polar surface area (TPSA) is 81.9 Å². The van der Waals surface area contributed by atoms with Gasteiger partial charge in [0.15, 0.2) is 5.75 Å². The van der Waals surface area contributed by atoms with Gasteiger partial charge in [-0.2, -0.15) is 0 Å². The van der Waals surface area contributed by atoms with E-state index in [1.807, 2.05) is 0 Å². The third-order valence-electron chi connectivity index (χ3n) is 1.95. The van der Waals surface area contributed by atoms with Crippen LogP contribution >= 0.6 is 0 Å². The molecule has 0 unspecified atom stereocenters. The molecule has 0 spiro atoms. The highest BCUT2D eigenvalue weighted by molar-refractivity contribution is 7.82. The van der Waals surface area contributed by atoms with Gasteiger partial charge in [0.05, 0.1) is 5.69 Å². The first-order valence-corrected chi connectivity index (χ1v) is 5.48. The fourth-order valence-corrected chi connectivity index (χ4v) is 2.15. The van der Waals surface area contributed by atoms with E-state index in [0.29, 0.717) is 11.4 Å². The Morgan fingerprint density at radius 1 is 1.27 bits per heavy atom. The zero-order valence-corrected chi connectivity index (χ0v) is 9.04. The van der Waals surface area contributed by atoms with Crippen LogP contribution in [0.3, 0.4) is 0 Å². The van der Waals surface area contributed by atoms with Gasteiger partial charge in [-0.3, -0.25) is 0 Å². The van der Waals surface area contributed by atoms with Gasteiger partial charge < -0.3 is 19.0 Å². The van der Waals surface area contributed by atoms with Crippen LogP contribution in [0.1, 0.15) is 0 Å². The van der Waals surface area contributed by atoms with E-state index < -0.39 is 10.4 Å². The van der Waals surface area contributed by atoms with Crippen LogP contribution in [0.5, 0.6) is 11.5 Å². The van der Waals surface area contributed by atoms with Gasteiger partial charge in [-0.25, -0.2) is 0 Å². The molecule has 0 bridgehead atoms. The number of hydrogen-bond donors (Lipinski definition) is 1. The van der Waals surface area contributed by atoms with Crippen molar-refractivity contribution in [3.8, 4) is 11.5 Å². The summed E-state index contributed by atoms with van der Waals surface area (Å²) in [6.07, 6.45) is 0. The van der Waals surface area contributed by atoms with E-state index in [1.54, 1.807) is 25.1 Å². The standard InChI is InChI=1S/C8H10N2O4S/c1-10(2)7-5(9)3-4-6-8(7)14-15(11,12)13-6/h3-4H,9H2,1-2H3. The molecule has 0 radical (unpaired) electrons. The predicted octanol–water partition coefficient (Wildman–Crippen LogP) is 0.351. The lowest BCUT2D eigenvalue weighted by molar-refractivity contribution is 0.436. The van der Waals surface area contributed by atoms with Crippen molar-refractivity contribution >= 4 is 21.8 Å². The first-order chi connectivity index (χ1) is 6.91. The van der Waals surface area contributed by atoms with E-state index in [2.05, 4.69) is 4.18 Å². The number of rotatable bonds is 1. The Morgan fingerprint density at radius 2 is 1.93 bits per heavy atom. The molecule has 0 atom stereocenters. The summed E-state index contributed by atoms with van der Waals surface area (Å²) >= 11 is 0. The van der Waals surface area contributed by atoms with E-state index in [1.165, 1.54) is 6.07 Å². The van der Waals surface area contributed by atoms with Crippen LogP contribution in [0, 0.1) is 0 Å². The van der Waals surface area contributed by atoms with Crippen molar-refractivity contribution in [1.29, 1.82) is 0 Å². The van der Waals surface area contributed by atoms with Crippen molar-refractivity contribution in [2.45, 2.75) is 0 Å². The summed E-state index contributed by atoms with van der Waals surface area (Å²) < 4.78 is 31.4. The predicted molar refractivity (Wildman–Crippen MR) is 55.4 cm³/mol. The fraction of sp³-hybridized carbons (Fsp3) is 0.250. The maximum absolute atomic E-state index is 11.1. The van der Waals surface area contributed by atoms with E-state index in [4.69, 9.17) is 9.92 Å². The van der Waals surface area contributed by atoms with E-state index >= 15 is 0 Å². The van der Waals surface area contributed by atoms with Crippen LogP contribution in [-0.2, 0) is 10.4 Å². The molecule has 7 heteroatoms. The molecule has 2 N–H and O–H groups in total. The molecule has 1 heterocycles. The zero-order valence-electron chi connectivity index (χ0n) is 8.22. The summed E-state index contributed by atoms with van der Waals surface area (Å²) in [6.45, 7) is 0. The molecule has 0 saturated carbocycles. The number of benzene rings is 1. The van der Waals surface area contributed by atoms with Gasteiger partial charge >= 0.3 is 10.4 Å². The lowest BCUT2D eigenvalue weighted by atomic mass is 10.2. The van der Waals surface area contributed by atoms with Crippen molar-refractivity contribution in [3.63, 3.8) is 0 Å². The van der Waals surface area contributed by atoms with E-state index in [-0.39, 0.29) is 11.5 Å². The summed E-state index contributed by atoms with van der Waals surface area (Å²) in [5, 5.41) is 0. The summed E-state index contributed by atoms with van der Waals surface area (Å²) in [5.41, 5.74) is 6.64. The summed E-state index contributed by atoms with van der Waals surface area (Å²) in [5.74, 6) is 0.299. The molecule has 0 aromatic heterocycles. The Kier molecular flexibility index (Phi) is 1.93. The summed E-state index contributed by atoms with van der Waals surface area (Å²) in [4.78, 5) is 1.67. The molecule has 15 heavy (non-hydrogen) atoms. The molecular formula is C8H10N2O4S. The van der Waals surface area contributed by atoms with Gasteiger partial charge in [0.2, 0.25) is 5.75 Å². The molecular weight excluding hydrogens is 220 g/mol. The zero-order chi connectivity index (χ0) is 11.2. The molecule has 1 aromatic rings. The average molecular weight is 230 g/mol. The quantitative estimate of drug-likeness (QED) is 0.701. The molecule has 0 aliphatic carbocycles. The Bertz CT molecular complexity index is 510. The van der Waals surface area contributed by atoms with Crippen LogP contribution in [0.2, 0.25) is 0 Å². The highest BCUT2D eigenvalue weighted by Crippen LogP contribution is 2.46. The van der Waals surface area contributed by atoms with Crippen LogP contribution in [0.25, 0.3) is 0 Å². The highest BCUT2D eigenvalue weighted by Gasteiger charge is 2.32. The Hall–Kier alpha value is -1.63. The minimum Gasteiger partial charge on any atom is -0.397 e. The van der Waals surface area contributed by atoms with Crippen molar-refractivity contribution in [2.75, 3.05) is 24.7 Å². The average Bonchev–Trinajstić information content (AvgIpc) is 2.37. The van der Waals surface area contributed by atoms with Gasteiger partial charge in [0.1, 0.15) is 5.69 Å². The maximum Gasteiger partial charge on any atom is 0.501 e. The van der Waals surface area contributed by atoms with E-state index in [9.17, 15) is 8.42 Å². The maximum atomic E-state index is 11.1. The number of nitrogens with two attached hydrogens (primary N) is 1. The largest absolute Gasteiger partial charge is 0.501 e. The molecule has 0 amide bonds. The molecule has 1 aliphatic heterocycles. The summed E-state index contributed by atoms with van der Waals surface area (Å²) in [7, 11) is -0.488. The summed E-state index contributed by atoms with van der Waals surface area (Å²) in [6, 6.07) is 3.03. The third kappa shape index (κ3) is 1.54.